The minimum Gasteiger partial charge on any atom is -0.310 e. The predicted octanol–water partition coefficient (Wildman–Crippen LogP) is 3.37. The van der Waals surface area contributed by atoms with Gasteiger partial charge >= 0.3 is 0 Å². The summed E-state index contributed by atoms with van der Waals surface area (Å²) in [7, 11) is 0. The molecule has 1 aliphatic heterocycles. The van der Waals surface area contributed by atoms with Crippen LogP contribution in [0.4, 0.5) is 0 Å². The molecule has 0 aromatic carbocycles. The SMILES string of the molecule is CCC(C)CC1NCCc2sccc21. The first-order valence-electron chi connectivity index (χ1n) is 5.61. The molecule has 1 aromatic rings. The van der Waals surface area contributed by atoms with E-state index in [4.69, 9.17) is 0 Å². The molecule has 1 N–H and O–H groups in total. The summed E-state index contributed by atoms with van der Waals surface area (Å²) in [5.41, 5.74) is 1.57. The maximum atomic E-state index is 3.63. The fraction of sp³-hybridized carbons (Fsp3) is 0.667. The van der Waals surface area contributed by atoms with Crippen LogP contribution in [-0.4, -0.2) is 6.54 Å². The summed E-state index contributed by atoms with van der Waals surface area (Å²) in [6, 6.07) is 2.93. The van der Waals surface area contributed by atoms with E-state index in [-0.39, 0.29) is 0 Å². The molecule has 1 aliphatic rings. The van der Waals surface area contributed by atoms with Crippen LogP contribution in [-0.2, 0) is 6.42 Å². The number of fused-ring (bicyclic) bond motifs is 1. The standard InChI is InChI=1S/C12H19NS/c1-3-9(2)8-11-10-5-7-14-12(10)4-6-13-11/h5,7,9,11,13H,3-4,6,8H2,1-2H3. The third-order valence-corrected chi connectivity index (χ3v) is 4.23. The number of nitrogens with one attached hydrogen (secondary N) is 1. The summed E-state index contributed by atoms with van der Waals surface area (Å²) in [4.78, 5) is 1.61. The van der Waals surface area contributed by atoms with Gasteiger partial charge in [-0.3, -0.25) is 0 Å². The Morgan fingerprint density at radius 3 is 3.29 bits per heavy atom. The van der Waals surface area contributed by atoms with Gasteiger partial charge in [0.2, 0.25) is 0 Å². The van der Waals surface area contributed by atoms with Crippen LogP contribution in [0.1, 0.15) is 43.2 Å². The topological polar surface area (TPSA) is 12.0 Å². The van der Waals surface area contributed by atoms with Gasteiger partial charge in [0.1, 0.15) is 0 Å². The number of hydrogen-bond acceptors (Lipinski definition) is 2. The summed E-state index contributed by atoms with van der Waals surface area (Å²) in [6.45, 7) is 5.79. The molecule has 1 aromatic heterocycles. The zero-order chi connectivity index (χ0) is 9.97. The number of rotatable bonds is 3. The van der Waals surface area contributed by atoms with E-state index >= 15 is 0 Å². The molecule has 2 atom stereocenters. The number of thiophene rings is 1. The molecule has 0 spiro atoms. The Kier molecular flexibility index (Phi) is 3.24. The van der Waals surface area contributed by atoms with Gasteiger partial charge in [-0.15, -0.1) is 11.3 Å². The molecule has 2 unspecified atom stereocenters. The highest BCUT2D eigenvalue weighted by Gasteiger charge is 2.21. The van der Waals surface area contributed by atoms with Gasteiger partial charge in [-0.25, -0.2) is 0 Å². The Morgan fingerprint density at radius 1 is 1.64 bits per heavy atom. The smallest absolute Gasteiger partial charge is 0.0333 e. The van der Waals surface area contributed by atoms with Gasteiger partial charge in [0.05, 0.1) is 0 Å². The molecular formula is C12H19NS. The maximum absolute atomic E-state index is 3.63. The molecule has 0 amide bonds. The summed E-state index contributed by atoms with van der Waals surface area (Å²) in [5, 5.41) is 5.87. The van der Waals surface area contributed by atoms with Crippen LogP contribution in [0.3, 0.4) is 0 Å². The molecule has 0 fully saturated rings. The van der Waals surface area contributed by atoms with Crippen molar-refractivity contribution in [3.63, 3.8) is 0 Å². The van der Waals surface area contributed by atoms with Crippen molar-refractivity contribution in [3.05, 3.63) is 21.9 Å². The summed E-state index contributed by atoms with van der Waals surface area (Å²) >= 11 is 1.92. The van der Waals surface area contributed by atoms with Gasteiger partial charge in [-0.1, -0.05) is 20.3 Å². The van der Waals surface area contributed by atoms with Gasteiger partial charge < -0.3 is 5.32 Å². The Balaban J connectivity index is 2.08. The van der Waals surface area contributed by atoms with E-state index in [1.165, 1.54) is 19.3 Å². The Bertz CT molecular complexity index is 292. The fourth-order valence-electron chi connectivity index (χ4n) is 2.11. The quantitative estimate of drug-likeness (QED) is 0.805. The lowest BCUT2D eigenvalue weighted by atomic mass is 9.92. The van der Waals surface area contributed by atoms with E-state index in [1.54, 1.807) is 10.4 Å². The summed E-state index contributed by atoms with van der Waals surface area (Å²) < 4.78 is 0. The number of hydrogen-bond donors (Lipinski definition) is 1. The van der Waals surface area contributed by atoms with Crippen LogP contribution in [0, 0.1) is 5.92 Å². The highest BCUT2D eigenvalue weighted by molar-refractivity contribution is 7.10. The molecule has 0 bridgehead atoms. The predicted molar refractivity (Wildman–Crippen MR) is 62.8 cm³/mol. The van der Waals surface area contributed by atoms with Gasteiger partial charge in [-0.05, 0) is 35.8 Å². The second kappa shape index (κ2) is 4.45. The van der Waals surface area contributed by atoms with Crippen LogP contribution in [0.15, 0.2) is 11.4 Å². The highest BCUT2D eigenvalue weighted by atomic mass is 32.1. The van der Waals surface area contributed by atoms with Crippen molar-refractivity contribution in [2.45, 2.75) is 39.2 Å². The average molecular weight is 209 g/mol. The minimum atomic E-state index is 0.625. The Hall–Kier alpha value is -0.340. The van der Waals surface area contributed by atoms with Gasteiger partial charge in [0, 0.05) is 17.5 Å². The van der Waals surface area contributed by atoms with E-state index in [0.29, 0.717) is 6.04 Å². The van der Waals surface area contributed by atoms with Gasteiger partial charge in [0.25, 0.3) is 0 Å². The Labute approximate surface area is 90.5 Å². The first kappa shape index (κ1) is 10.2. The third-order valence-electron chi connectivity index (χ3n) is 3.23. The fourth-order valence-corrected chi connectivity index (χ4v) is 3.06. The molecule has 78 valence electrons. The summed E-state index contributed by atoms with van der Waals surface area (Å²) in [5.74, 6) is 0.832. The molecule has 2 heteroatoms. The molecule has 2 rings (SSSR count). The molecule has 1 nitrogen and oxygen atoms in total. The van der Waals surface area contributed by atoms with Crippen molar-refractivity contribution in [2.75, 3.05) is 6.54 Å². The van der Waals surface area contributed by atoms with Crippen molar-refractivity contribution in [2.24, 2.45) is 5.92 Å². The maximum Gasteiger partial charge on any atom is 0.0333 e. The van der Waals surface area contributed by atoms with E-state index in [2.05, 4.69) is 30.6 Å². The lowest BCUT2D eigenvalue weighted by molar-refractivity contribution is 0.392. The molecule has 0 aliphatic carbocycles. The molecule has 0 saturated carbocycles. The van der Waals surface area contributed by atoms with E-state index in [1.807, 2.05) is 11.3 Å². The normalized spacial score (nSPS) is 23.1. The van der Waals surface area contributed by atoms with Crippen LogP contribution in [0.25, 0.3) is 0 Å². The first-order valence-corrected chi connectivity index (χ1v) is 6.49. The minimum absolute atomic E-state index is 0.625. The zero-order valence-electron chi connectivity index (χ0n) is 9.05. The van der Waals surface area contributed by atoms with E-state index in [9.17, 15) is 0 Å². The second-order valence-corrected chi connectivity index (χ2v) is 5.31. The van der Waals surface area contributed by atoms with Gasteiger partial charge in [-0.2, -0.15) is 0 Å². The van der Waals surface area contributed by atoms with E-state index in [0.717, 1.165) is 12.5 Å². The molecule has 0 saturated heterocycles. The van der Waals surface area contributed by atoms with Crippen molar-refractivity contribution in [1.82, 2.24) is 5.32 Å². The van der Waals surface area contributed by atoms with Crippen molar-refractivity contribution < 1.29 is 0 Å². The van der Waals surface area contributed by atoms with Crippen molar-refractivity contribution in [3.8, 4) is 0 Å². The van der Waals surface area contributed by atoms with Crippen LogP contribution >= 0.6 is 11.3 Å². The zero-order valence-corrected chi connectivity index (χ0v) is 9.86. The van der Waals surface area contributed by atoms with E-state index < -0.39 is 0 Å². The molecule has 2 heterocycles. The monoisotopic (exact) mass is 209 g/mol. The lowest BCUT2D eigenvalue weighted by Gasteiger charge is -2.26. The van der Waals surface area contributed by atoms with Crippen LogP contribution in [0.5, 0.6) is 0 Å². The first-order chi connectivity index (χ1) is 6.81. The van der Waals surface area contributed by atoms with Crippen LogP contribution < -0.4 is 5.32 Å². The average Bonchev–Trinajstić information content (AvgIpc) is 2.66. The molecule has 14 heavy (non-hydrogen) atoms. The molecular weight excluding hydrogens is 190 g/mol. The van der Waals surface area contributed by atoms with Crippen molar-refractivity contribution >= 4 is 11.3 Å². The van der Waals surface area contributed by atoms with Crippen LogP contribution in [0.2, 0.25) is 0 Å². The largest absolute Gasteiger partial charge is 0.310 e. The van der Waals surface area contributed by atoms with Gasteiger partial charge in [0.15, 0.2) is 0 Å². The summed E-state index contributed by atoms with van der Waals surface area (Å²) in [6.07, 6.45) is 3.81. The third kappa shape index (κ3) is 2.01. The lowest BCUT2D eigenvalue weighted by Crippen LogP contribution is -2.29. The second-order valence-electron chi connectivity index (χ2n) is 4.30. The van der Waals surface area contributed by atoms with Crippen molar-refractivity contribution in [1.29, 1.82) is 0 Å². The Morgan fingerprint density at radius 2 is 2.50 bits per heavy atom. The molecule has 0 radical (unpaired) electrons. The highest BCUT2D eigenvalue weighted by Crippen LogP contribution is 2.31.